The maximum absolute atomic E-state index is 5.41. The molecule has 0 spiro atoms. The maximum atomic E-state index is 5.41. The van der Waals surface area contributed by atoms with Crippen molar-refractivity contribution in [2.24, 2.45) is 0 Å². The van der Waals surface area contributed by atoms with Crippen LogP contribution in [-0.4, -0.2) is 16.2 Å². The molecule has 0 amide bonds. The molecule has 0 aliphatic carbocycles. The predicted octanol–water partition coefficient (Wildman–Crippen LogP) is 3.79. The molecule has 2 aromatic rings. The van der Waals surface area contributed by atoms with Crippen molar-refractivity contribution < 1.29 is 4.42 Å². The van der Waals surface area contributed by atoms with Crippen LogP contribution in [0.4, 0.5) is 0 Å². The molecular weight excluding hydrogens is 326 g/mol. The summed E-state index contributed by atoms with van der Waals surface area (Å²) in [6.45, 7) is 6.87. The molecule has 0 atom stereocenters. The predicted molar refractivity (Wildman–Crippen MR) is 79.3 cm³/mol. The Labute approximate surface area is 125 Å². The Morgan fingerprint density at radius 1 is 1.37 bits per heavy atom. The molecule has 4 nitrogen and oxygen atoms in total. The van der Waals surface area contributed by atoms with Gasteiger partial charge in [0.05, 0.1) is 0 Å². The van der Waals surface area contributed by atoms with Crippen molar-refractivity contribution >= 4 is 27.7 Å². The molecule has 2 rings (SSSR count). The monoisotopic (exact) mass is 341 g/mol. The van der Waals surface area contributed by atoms with Crippen molar-refractivity contribution in [3.05, 3.63) is 34.1 Å². The zero-order valence-electron chi connectivity index (χ0n) is 11.1. The summed E-state index contributed by atoms with van der Waals surface area (Å²) in [5.74, 6) is 0.585. The molecule has 1 aromatic carbocycles. The van der Waals surface area contributed by atoms with E-state index < -0.39 is 0 Å². The molecule has 0 aliphatic rings. The van der Waals surface area contributed by atoms with Crippen LogP contribution < -0.4 is 5.32 Å². The van der Waals surface area contributed by atoms with Gasteiger partial charge >= 0.3 is 0 Å². The minimum absolute atomic E-state index is 0.447. The van der Waals surface area contributed by atoms with Crippen LogP contribution in [-0.2, 0) is 6.54 Å². The number of aromatic nitrogens is 2. The summed E-state index contributed by atoms with van der Waals surface area (Å²) in [5, 5.41) is 11.9. The number of nitrogens with zero attached hydrogens (tertiary/aromatic N) is 2. The fourth-order valence-electron chi connectivity index (χ4n) is 1.51. The molecule has 1 N–H and O–H groups in total. The lowest BCUT2D eigenvalue weighted by Crippen LogP contribution is -2.22. The second-order valence-corrected chi connectivity index (χ2v) is 6.39. The topological polar surface area (TPSA) is 51.0 Å². The van der Waals surface area contributed by atoms with Crippen molar-refractivity contribution in [3.8, 4) is 0 Å². The van der Waals surface area contributed by atoms with Crippen LogP contribution in [0.5, 0.6) is 0 Å². The number of nitrogens with one attached hydrogen (secondary N) is 1. The van der Waals surface area contributed by atoms with Gasteiger partial charge in [0.15, 0.2) is 0 Å². The summed E-state index contributed by atoms with van der Waals surface area (Å²) in [6.07, 6.45) is 0. The maximum Gasteiger partial charge on any atom is 0.281 e. The van der Waals surface area contributed by atoms with Crippen molar-refractivity contribution in [3.63, 3.8) is 0 Å². The van der Waals surface area contributed by atoms with Crippen LogP contribution in [0.2, 0.25) is 0 Å². The summed E-state index contributed by atoms with van der Waals surface area (Å²) in [7, 11) is 0. The van der Waals surface area contributed by atoms with E-state index in [9.17, 15) is 0 Å². The minimum atomic E-state index is 0.447. The van der Waals surface area contributed by atoms with E-state index in [0.29, 0.717) is 17.2 Å². The highest BCUT2D eigenvalue weighted by Gasteiger charge is 2.10. The summed E-state index contributed by atoms with van der Waals surface area (Å²) in [4.78, 5) is 1.13. The summed E-state index contributed by atoms with van der Waals surface area (Å²) in [6, 6.07) is 6.64. The molecule has 0 bridgehead atoms. The molecular formula is C13H16BrN3OS. The zero-order chi connectivity index (χ0) is 13.8. The lowest BCUT2D eigenvalue weighted by Gasteiger charge is -2.11. The highest BCUT2D eigenvalue weighted by Crippen LogP contribution is 2.31. The Morgan fingerprint density at radius 3 is 2.79 bits per heavy atom. The highest BCUT2D eigenvalue weighted by atomic mass is 79.9. The number of hydrogen-bond acceptors (Lipinski definition) is 5. The summed E-state index contributed by atoms with van der Waals surface area (Å²) < 4.78 is 6.48. The van der Waals surface area contributed by atoms with E-state index in [0.717, 1.165) is 15.9 Å². The first-order valence-corrected chi connectivity index (χ1v) is 7.65. The Hall–Kier alpha value is -0.850. The summed E-state index contributed by atoms with van der Waals surface area (Å²) in [5.41, 5.74) is 1.21. The molecule has 1 heterocycles. The lowest BCUT2D eigenvalue weighted by molar-refractivity contribution is 0.429. The Bertz CT molecular complexity index is 557. The number of aryl methyl sites for hydroxylation is 1. The molecule has 0 fully saturated rings. The first-order valence-electron chi connectivity index (χ1n) is 6.04. The first kappa shape index (κ1) is 14.6. The third-order valence-electron chi connectivity index (χ3n) is 2.43. The van der Waals surface area contributed by atoms with E-state index in [1.54, 1.807) is 6.92 Å². The molecule has 0 saturated carbocycles. The van der Waals surface area contributed by atoms with Gasteiger partial charge in [-0.05, 0) is 35.5 Å². The molecule has 102 valence electrons. The molecule has 0 aliphatic heterocycles. The SMILES string of the molecule is Cc1nnc(Sc2ccc(Br)cc2CNC(C)C)o1. The van der Waals surface area contributed by atoms with Crippen LogP contribution in [0, 0.1) is 6.92 Å². The smallest absolute Gasteiger partial charge is 0.281 e. The van der Waals surface area contributed by atoms with Crippen molar-refractivity contribution in [1.82, 2.24) is 15.5 Å². The van der Waals surface area contributed by atoms with Gasteiger partial charge in [-0.1, -0.05) is 29.8 Å². The fraction of sp³-hybridized carbons (Fsp3) is 0.385. The fourth-order valence-corrected chi connectivity index (χ4v) is 2.75. The Morgan fingerprint density at radius 2 is 2.16 bits per heavy atom. The van der Waals surface area contributed by atoms with E-state index in [4.69, 9.17) is 4.42 Å². The van der Waals surface area contributed by atoms with Gasteiger partial charge in [-0.15, -0.1) is 10.2 Å². The van der Waals surface area contributed by atoms with Gasteiger partial charge in [0.25, 0.3) is 5.22 Å². The Kier molecular flexibility index (Phi) is 5.01. The molecule has 0 saturated heterocycles. The van der Waals surface area contributed by atoms with Crippen molar-refractivity contribution in [1.29, 1.82) is 0 Å². The number of benzene rings is 1. The minimum Gasteiger partial charge on any atom is -0.416 e. The van der Waals surface area contributed by atoms with Gasteiger partial charge in [0.1, 0.15) is 0 Å². The van der Waals surface area contributed by atoms with E-state index in [-0.39, 0.29) is 0 Å². The summed E-state index contributed by atoms with van der Waals surface area (Å²) >= 11 is 5.00. The second kappa shape index (κ2) is 6.54. The second-order valence-electron chi connectivity index (χ2n) is 4.48. The molecule has 0 radical (unpaired) electrons. The standard InChI is InChI=1S/C13H16BrN3OS/c1-8(2)15-7-10-6-11(14)4-5-12(10)19-13-17-16-9(3)18-13/h4-6,8,15H,7H2,1-3H3. The van der Waals surface area contributed by atoms with Gasteiger partial charge in [0.2, 0.25) is 5.89 Å². The number of hydrogen-bond donors (Lipinski definition) is 1. The molecule has 0 unspecified atom stereocenters. The molecule has 19 heavy (non-hydrogen) atoms. The normalized spacial score (nSPS) is 11.2. The van der Waals surface area contributed by atoms with Crippen LogP contribution in [0.15, 0.2) is 37.2 Å². The van der Waals surface area contributed by atoms with E-state index in [1.165, 1.54) is 17.3 Å². The van der Waals surface area contributed by atoms with Crippen LogP contribution in [0.25, 0.3) is 0 Å². The largest absolute Gasteiger partial charge is 0.416 e. The molecule has 1 aromatic heterocycles. The van der Waals surface area contributed by atoms with Gasteiger partial charge < -0.3 is 9.73 Å². The molecule has 6 heteroatoms. The van der Waals surface area contributed by atoms with E-state index >= 15 is 0 Å². The average molecular weight is 342 g/mol. The van der Waals surface area contributed by atoms with E-state index in [2.05, 4.69) is 57.4 Å². The zero-order valence-corrected chi connectivity index (χ0v) is 13.5. The van der Waals surface area contributed by atoms with Crippen LogP contribution in [0.1, 0.15) is 25.3 Å². The average Bonchev–Trinajstić information content (AvgIpc) is 2.75. The van der Waals surface area contributed by atoms with Crippen molar-refractivity contribution in [2.75, 3.05) is 0 Å². The number of rotatable bonds is 5. The third-order valence-corrected chi connectivity index (χ3v) is 3.88. The van der Waals surface area contributed by atoms with Crippen LogP contribution >= 0.6 is 27.7 Å². The van der Waals surface area contributed by atoms with Crippen LogP contribution in [0.3, 0.4) is 0 Å². The lowest BCUT2D eigenvalue weighted by atomic mass is 10.2. The van der Waals surface area contributed by atoms with E-state index in [1.807, 2.05) is 6.07 Å². The quantitative estimate of drug-likeness (QED) is 0.896. The number of halogens is 1. The highest BCUT2D eigenvalue weighted by molar-refractivity contribution is 9.10. The van der Waals surface area contributed by atoms with Gasteiger partial charge in [-0.3, -0.25) is 0 Å². The third kappa shape index (κ3) is 4.33. The Balaban J connectivity index is 2.18. The van der Waals surface area contributed by atoms with Gasteiger partial charge in [-0.25, -0.2) is 0 Å². The van der Waals surface area contributed by atoms with Gasteiger partial charge in [0, 0.05) is 28.9 Å². The van der Waals surface area contributed by atoms with Crippen molar-refractivity contribution in [2.45, 2.75) is 43.5 Å². The van der Waals surface area contributed by atoms with Gasteiger partial charge in [-0.2, -0.15) is 0 Å². The first-order chi connectivity index (χ1) is 9.04.